The Kier molecular flexibility index (Phi) is 3.44. The van der Waals surface area contributed by atoms with Crippen LogP contribution in [-0.4, -0.2) is 26.2 Å². The lowest BCUT2D eigenvalue weighted by Crippen LogP contribution is -1.92. The van der Waals surface area contributed by atoms with E-state index >= 15 is 0 Å². The van der Waals surface area contributed by atoms with Gasteiger partial charge in [-0.2, -0.15) is 9.78 Å². The van der Waals surface area contributed by atoms with Gasteiger partial charge >= 0.3 is 0 Å². The quantitative estimate of drug-likeness (QED) is 0.585. The second-order valence-corrected chi connectivity index (χ2v) is 4.69. The van der Waals surface area contributed by atoms with Crippen LogP contribution >= 0.6 is 24.4 Å². The fraction of sp³-hybridized carbons (Fsp3) is 0.182. The summed E-state index contributed by atoms with van der Waals surface area (Å²) >= 11 is 10.0. The van der Waals surface area contributed by atoms with Gasteiger partial charge in [-0.25, -0.2) is 0 Å². The van der Waals surface area contributed by atoms with E-state index in [9.17, 15) is 5.11 Å². The Labute approximate surface area is 114 Å². The summed E-state index contributed by atoms with van der Waals surface area (Å²) in [5.41, 5.74) is 2.49. The lowest BCUT2D eigenvalue weighted by molar-refractivity contribution is 0.467. The molecule has 0 amide bonds. The van der Waals surface area contributed by atoms with E-state index < -0.39 is 0 Å². The topological polar surface area (TPSA) is 69.1 Å². The first kappa shape index (κ1) is 12.7. The van der Waals surface area contributed by atoms with Gasteiger partial charge in [-0.15, -0.1) is 0 Å². The predicted octanol–water partition coefficient (Wildman–Crippen LogP) is 2.81. The molecule has 2 aromatic rings. The van der Waals surface area contributed by atoms with Crippen LogP contribution < -0.4 is 0 Å². The van der Waals surface area contributed by atoms with Crippen molar-refractivity contribution in [1.82, 2.24) is 14.9 Å². The minimum absolute atomic E-state index is 0.308. The normalized spacial score (nSPS) is 11.2. The van der Waals surface area contributed by atoms with Gasteiger partial charge in [0.1, 0.15) is 5.75 Å². The molecule has 1 aromatic heterocycles. The van der Waals surface area contributed by atoms with Crippen molar-refractivity contribution in [2.45, 2.75) is 13.8 Å². The van der Waals surface area contributed by atoms with Crippen molar-refractivity contribution in [2.75, 3.05) is 0 Å². The van der Waals surface area contributed by atoms with Gasteiger partial charge in [0, 0.05) is 0 Å². The Balaban J connectivity index is 2.41. The van der Waals surface area contributed by atoms with Gasteiger partial charge in [0.05, 0.1) is 6.21 Å². The predicted molar refractivity (Wildman–Crippen MR) is 75.4 cm³/mol. The van der Waals surface area contributed by atoms with Crippen LogP contribution in [0.25, 0.3) is 0 Å². The number of nitrogens with zero attached hydrogens (tertiary/aromatic N) is 2. The third-order valence-corrected chi connectivity index (χ3v) is 3.05. The van der Waals surface area contributed by atoms with E-state index in [1.807, 2.05) is 26.0 Å². The second kappa shape index (κ2) is 4.87. The first-order valence-corrected chi connectivity index (χ1v) is 6.05. The van der Waals surface area contributed by atoms with E-state index in [-0.39, 0.29) is 0 Å². The summed E-state index contributed by atoms with van der Waals surface area (Å²) in [6, 6.07) is 3.68. The third kappa shape index (κ3) is 2.41. The SMILES string of the molecule is Cc1cc(/C=N/n2c(=S)[nH][nH]c2=S)cc(C)c1O. The van der Waals surface area contributed by atoms with Crippen molar-refractivity contribution >= 4 is 30.7 Å². The zero-order valence-corrected chi connectivity index (χ0v) is 11.5. The molecule has 0 aliphatic carbocycles. The van der Waals surface area contributed by atoms with Crippen molar-refractivity contribution < 1.29 is 5.11 Å². The number of nitrogens with one attached hydrogen (secondary N) is 2. The van der Waals surface area contributed by atoms with Crippen LogP contribution in [-0.2, 0) is 0 Å². The third-order valence-electron chi connectivity index (χ3n) is 2.50. The molecule has 3 N–H and O–H groups in total. The van der Waals surface area contributed by atoms with Crippen LogP contribution in [0.4, 0.5) is 0 Å². The van der Waals surface area contributed by atoms with Gasteiger partial charge in [-0.3, -0.25) is 10.2 Å². The van der Waals surface area contributed by atoms with Crippen molar-refractivity contribution in [2.24, 2.45) is 5.10 Å². The fourth-order valence-corrected chi connectivity index (χ4v) is 2.03. The molecule has 0 aliphatic rings. The molecule has 18 heavy (non-hydrogen) atoms. The lowest BCUT2D eigenvalue weighted by Gasteiger charge is -2.04. The maximum atomic E-state index is 9.68. The number of hydrogen-bond acceptors (Lipinski definition) is 4. The summed E-state index contributed by atoms with van der Waals surface area (Å²) in [7, 11) is 0. The summed E-state index contributed by atoms with van der Waals surface area (Å²) in [5.74, 6) is 0.308. The molecule has 0 aliphatic heterocycles. The van der Waals surface area contributed by atoms with Gasteiger partial charge in [-0.1, -0.05) is 0 Å². The Hall–Kier alpha value is -1.73. The minimum Gasteiger partial charge on any atom is -0.507 e. The zero-order valence-electron chi connectivity index (χ0n) is 9.89. The number of rotatable bonds is 2. The average Bonchev–Trinajstić information content (AvgIpc) is 2.63. The first-order valence-electron chi connectivity index (χ1n) is 5.23. The molecule has 94 valence electrons. The van der Waals surface area contributed by atoms with Crippen molar-refractivity contribution in [3.8, 4) is 5.75 Å². The number of aromatic amines is 2. The molecule has 0 fully saturated rings. The number of H-pyrrole nitrogens is 2. The van der Waals surface area contributed by atoms with E-state index in [1.165, 1.54) is 4.68 Å². The number of aromatic hydroxyl groups is 1. The highest BCUT2D eigenvalue weighted by molar-refractivity contribution is 7.72. The molecule has 5 nitrogen and oxygen atoms in total. The van der Waals surface area contributed by atoms with Crippen LogP contribution in [0.3, 0.4) is 0 Å². The summed E-state index contributed by atoms with van der Waals surface area (Å²) in [6.07, 6.45) is 1.65. The van der Waals surface area contributed by atoms with Gasteiger partial charge in [0.15, 0.2) is 0 Å². The maximum absolute atomic E-state index is 9.68. The van der Waals surface area contributed by atoms with Gasteiger partial charge in [0.25, 0.3) is 0 Å². The molecule has 0 radical (unpaired) electrons. The molecule has 0 atom stereocenters. The Morgan fingerprint density at radius 1 is 1.17 bits per heavy atom. The summed E-state index contributed by atoms with van der Waals surface area (Å²) in [4.78, 5) is 0. The molecule has 0 spiro atoms. The van der Waals surface area contributed by atoms with Crippen molar-refractivity contribution in [1.29, 1.82) is 0 Å². The standard InChI is InChI=1S/C11H12N4OS2/c1-6-3-8(4-7(2)9(6)16)5-12-15-10(17)13-14-11(15)18/h3-5,16H,1-2H3,(H,13,17)(H,14,18)/b12-5+. The van der Waals surface area contributed by atoms with Gasteiger partial charge in [-0.05, 0) is 67.1 Å². The molecular formula is C11H12N4OS2. The highest BCUT2D eigenvalue weighted by Gasteiger charge is 2.02. The molecule has 2 rings (SSSR count). The van der Waals surface area contributed by atoms with Crippen molar-refractivity contribution in [3.63, 3.8) is 0 Å². The van der Waals surface area contributed by atoms with E-state index in [0.29, 0.717) is 15.3 Å². The zero-order chi connectivity index (χ0) is 13.3. The van der Waals surface area contributed by atoms with Crippen LogP contribution in [0.15, 0.2) is 17.2 Å². The monoisotopic (exact) mass is 280 g/mol. The first-order chi connectivity index (χ1) is 8.49. The van der Waals surface area contributed by atoms with E-state index in [0.717, 1.165) is 16.7 Å². The van der Waals surface area contributed by atoms with E-state index in [1.54, 1.807) is 6.21 Å². The Bertz CT molecular complexity index is 673. The van der Waals surface area contributed by atoms with Gasteiger partial charge < -0.3 is 5.11 Å². The molecule has 0 saturated heterocycles. The summed E-state index contributed by atoms with van der Waals surface area (Å²) < 4.78 is 2.23. The van der Waals surface area contributed by atoms with E-state index in [2.05, 4.69) is 15.3 Å². The molecular weight excluding hydrogens is 268 g/mol. The molecule has 0 bridgehead atoms. The highest BCUT2D eigenvalue weighted by atomic mass is 32.1. The smallest absolute Gasteiger partial charge is 0.215 e. The average molecular weight is 280 g/mol. The second-order valence-electron chi connectivity index (χ2n) is 3.92. The number of phenolic OH excluding ortho intramolecular Hbond substituents is 1. The van der Waals surface area contributed by atoms with E-state index in [4.69, 9.17) is 24.4 Å². The lowest BCUT2D eigenvalue weighted by atomic mass is 10.1. The van der Waals surface area contributed by atoms with Crippen LogP contribution in [0.5, 0.6) is 5.75 Å². The maximum Gasteiger partial charge on any atom is 0.215 e. The summed E-state index contributed by atoms with van der Waals surface area (Å²) in [6.45, 7) is 3.68. The molecule has 0 saturated carbocycles. The summed E-state index contributed by atoms with van der Waals surface area (Å²) in [5, 5.41) is 19.3. The van der Waals surface area contributed by atoms with Gasteiger partial charge in [0.2, 0.25) is 9.54 Å². The highest BCUT2D eigenvalue weighted by Crippen LogP contribution is 2.22. The minimum atomic E-state index is 0.308. The number of phenols is 1. The molecule has 0 unspecified atom stereocenters. The largest absolute Gasteiger partial charge is 0.507 e. The number of hydrogen-bond donors (Lipinski definition) is 3. The van der Waals surface area contributed by atoms with Crippen LogP contribution in [0.2, 0.25) is 0 Å². The number of benzene rings is 1. The van der Waals surface area contributed by atoms with Crippen LogP contribution in [0.1, 0.15) is 16.7 Å². The van der Waals surface area contributed by atoms with Crippen LogP contribution in [0, 0.1) is 23.4 Å². The molecule has 1 aromatic carbocycles. The number of aryl methyl sites for hydroxylation is 2. The Morgan fingerprint density at radius 2 is 1.67 bits per heavy atom. The van der Waals surface area contributed by atoms with Crippen molar-refractivity contribution in [3.05, 3.63) is 38.4 Å². The molecule has 7 heteroatoms. The number of aromatic nitrogens is 3. The Morgan fingerprint density at radius 3 is 2.17 bits per heavy atom. The molecule has 1 heterocycles. The fourth-order valence-electron chi connectivity index (χ4n) is 1.60.